The lowest BCUT2D eigenvalue weighted by Crippen LogP contribution is -2.12. The summed E-state index contributed by atoms with van der Waals surface area (Å²) in [5, 5.41) is 0.633. The fraction of sp³-hybridized carbons (Fsp3) is 0.462. The molecule has 0 radical (unpaired) electrons. The lowest BCUT2D eigenvalue weighted by Gasteiger charge is -2.21. The third kappa shape index (κ3) is 3.16. The van der Waals surface area contributed by atoms with Crippen molar-refractivity contribution in [2.24, 2.45) is 5.73 Å². The molecule has 1 amide bonds. The summed E-state index contributed by atoms with van der Waals surface area (Å²) in [6, 6.07) is 5.27. The first-order valence-corrected chi connectivity index (χ1v) is 6.91. The molecule has 92 valence electrons. The topological polar surface area (TPSA) is 69.1 Å². The fourth-order valence-corrected chi connectivity index (χ4v) is 3.48. The summed E-state index contributed by atoms with van der Waals surface area (Å²) in [5.74, 6) is -0.393. The average Bonchev–Trinajstić information content (AvgIpc) is 2.33. The molecule has 1 aliphatic carbocycles. The van der Waals surface area contributed by atoms with Crippen molar-refractivity contribution in [3.05, 3.63) is 23.8 Å². The number of rotatable bonds is 3. The summed E-state index contributed by atoms with van der Waals surface area (Å²) in [5.41, 5.74) is 12.5. The van der Waals surface area contributed by atoms with Crippen molar-refractivity contribution in [3.8, 4) is 0 Å². The van der Waals surface area contributed by atoms with Gasteiger partial charge in [-0.3, -0.25) is 4.79 Å². The van der Waals surface area contributed by atoms with Gasteiger partial charge in [-0.05, 0) is 31.0 Å². The highest BCUT2D eigenvalue weighted by Crippen LogP contribution is 2.36. The van der Waals surface area contributed by atoms with Crippen LogP contribution >= 0.6 is 11.8 Å². The van der Waals surface area contributed by atoms with Crippen molar-refractivity contribution in [3.63, 3.8) is 0 Å². The van der Waals surface area contributed by atoms with E-state index in [1.807, 2.05) is 6.07 Å². The number of benzene rings is 1. The molecule has 0 spiro atoms. The standard InChI is InChI=1S/C13H18N2OS/c14-11-7-6-9(13(15)16)8-12(11)17-10-4-2-1-3-5-10/h6-8,10H,1-5,14H2,(H2,15,16). The van der Waals surface area contributed by atoms with E-state index in [0.29, 0.717) is 10.8 Å². The zero-order valence-electron chi connectivity index (χ0n) is 9.82. The predicted octanol–water partition coefficient (Wildman–Crippen LogP) is 2.79. The second-order valence-electron chi connectivity index (χ2n) is 4.49. The zero-order valence-corrected chi connectivity index (χ0v) is 10.6. The van der Waals surface area contributed by atoms with E-state index in [0.717, 1.165) is 10.6 Å². The summed E-state index contributed by atoms with van der Waals surface area (Å²) in [6.45, 7) is 0. The Kier molecular flexibility index (Phi) is 3.94. The molecule has 0 atom stereocenters. The number of nitrogens with two attached hydrogens (primary N) is 2. The summed E-state index contributed by atoms with van der Waals surface area (Å²) >= 11 is 1.79. The minimum atomic E-state index is -0.393. The maximum Gasteiger partial charge on any atom is 0.248 e. The van der Waals surface area contributed by atoms with Crippen LogP contribution in [0.15, 0.2) is 23.1 Å². The summed E-state index contributed by atoms with van der Waals surface area (Å²) in [7, 11) is 0. The molecule has 0 heterocycles. The second-order valence-corrected chi connectivity index (χ2v) is 5.84. The van der Waals surface area contributed by atoms with Crippen molar-refractivity contribution >= 4 is 23.4 Å². The third-order valence-corrected chi connectivity index (χ3v) is 4.56. The molecular formula is C13H18N2OS. The van der Waals surface area contributed by atoms with Crippen LogP contribution < -0.4 is 11.5 Å². The molecule has 0 saturated heterocycles. The van der Waals surface area contributed by atoms with Gasteiger partial charge in [0.25, 0.3) is 0 Å². The molecule has 3 nitrogen and oxygen atoms in total. The number of nitrogen functional groups attached to an aromatic ring is 1. The van der Waals surface area contributed by atoms with Crippen LogP contribution in [-0.4, -0.2) is 11.2 Å². The number of hydrogen-bond donors (Lipinski definition) is 2. The Morgan fingerprint density at radius 1 is 1.24 bits per heavy atom. The van der Waals surface area contributed by atoms with E-state index in [1.54, 1.807) is 23.9 Å². The number of carbonyl (C=O) groups excluding carboxylic acids is 1. The van der Waals surface area contributed by atoms with Crippen LogP contribution in [0.2, 0.25) is 0 Å². The van der Waals surface area contributed by atoms with Gasteiger partial charge in [-0.15, -0.1) is 11.8 Å². The van der Waals surface area contributed by atoms with E-state index in [9.17, 15) is 4.79 Å². The Morgan fingerprint density at radius 3 is 2.59 bits per heavy atom. The number of anilines is 1. The molecular weight excluding hydrogens is 232 g/mol. The van der Waals surface area contributed by atoms with Crippen LogP contribution in [0.5, 0.6) is 0 Å². The van der Waals surface area contributed by atoms with Gasteiger partial charge in [-0.1, -0.05) is 19.3 Å². The van der Waals surface area contributed by atoms with Gasteiger partial charge in [0.2, 0.25) is 5.91 Å². The van der Waals surface area contributed by atoms with Gasteiger partial charge in [0.15, 0.2) is 0 Å². The van der Waals surface area contributed by atoms with E-state index >= 15 is 0 Å². The molecule has 1 aliphatic rings. The molecule has 1 aromatic carbocycles. The zero-order chi connectivity index (χ0) is 12.3. The third-order valence-electron chi connectivity index (χ3n) is 3.14. The molecule has 17 heavy (non-hydrogen) atoms. The lowest BCUT2D eigenvalue weighted by atomic mass is 10.0. The molecule has 1 aromatic rings. The van der Waals surface area contributed by atoms with Crippen LogP contribution in [0.3, 0.4) is 0 Å². The predicted molar refractivity (Wildman–Crippen MR) is 72.1 cm³/mol. The fourth-order valence-electron chi connectivity index (χ4n) is 2.15. The maximum absolute atomic E-state index is 11.1. The smallest absolute Gasteiger partial charge is 0.248 e. The first-order valence-electron chi connectivity index (χ1n) is 6.03. The van der Waals surface area contributed by atoms with Gasteiger partial charge in [0.05, 0.1) is 0 Å². The highest BCUT2D eigenvalue weighted by Gasteiger charge is 2.16. The summed E-state index contributed by atoms with van der Waals surface area (Å²) < 4.78 is 0. The molecule has 1 fully saturated rings. The highest BCUT2D eigenvalue weighted by atomic mass is 32.2. The molecule has 4 heteroatoms. The normalized spacial score (nSPS) is 16.9. The van der Waals surface area contributed by atoms with Crippen LogP contribution in [0.4, 0.5) is 5.69 Å². The quantitative estimate of drug-likeness (QED) is 0.810. The Hall–Kier alpha value is -1.16. The molecule has 4 N–H and O–H groups in total. The molecule has 0 aliphatic heterocycles. The Morgan fingerprint density at radius 2 is 1.94 bits per heavy atom. The van der Waals surface area contributed by atoms with Crippen molar-refractivity contribution in [2.75, 3.05) is 5.73 Å². The number of primary amides is 1. The van der Waals surface area contributed by atoms with Gasteiger partial charge >= 0.3 is 0 Å². The van der Waals surface area contributed by atoms with E-state index in [-0.39, 0.29) is 0 Å². The minimum absolute atomic E-state index is 0.393. The van der Waals surface area contributed by atoms with Crippen molar-refractivity contribution in [1.29, 1.82) is 0 Å². The molecule has 0 unspecified atom stereocenters. The Labute approximate surface area is 106 Å². The Bertz CT molecular complexity index is 414. The van der Waals surface area contributed by atoms with Crippen LogP contribution in [0, 0.1) is 0 Å². The monoisotopic (exact) mass is 250 g/mol. The SMILES string of the molecule is NC(=O)c1ccc(N)c(SC2CCCCC2)c1. The largest absolute Gasteiger partial charge is 0.398 e. The molecule has 2 rings (SSSR count). The van der Waals surface area contributed by atoms with Crippen molar-refractivity contribution in [2.45, 2.75) is 42.2 Å². The summed E-state index contributed by atoms with van der Waals surface area (Å²) in [4.78, 5) is 12.1. The van der Waals surface area contributed by atoms with Crippen molar-refractivity contribution in [1.82, 2.24) is 0 Å². The van der Waals surface area contributed by atoms with Crippen LogP contribution in [-0.2, 0) is 0 Å². The van der Waals surface area contributed by atoms with Gasteiger partial charge < -0.3 is 11.5 Å². The number of amides is 1. The molecule has 0 bridgehead atoms. The maximum atomic E-state index is 11.1. The van der Waals surface area contributed by atoms with Crippen LogP contribution in [0.1, 0.15) is 42.5 Å². The van der Waals surface area contributed by atoms with Gasteiger partial charge in [-0.25, -0.2) is 0 Å². The second kappa shape index (κ2) is 5.45. The number of hydrogen-bond acceptors (Lipinski definition) is 3. The van der Waals surface area contributed by atoms with Gasteiger partial charge in [0.1, 0.15) is 0 Å². The van der Waals surface area contributed by atoms with E-state index in [4.69, 9.17) is 11.5 Å². The van der Waals surface area contributed by atoms with Gasteiger partial charge in [0, 0.05) is 21.4 Å². The molecule has 0 aromatic heterocycles. The van der Waals surface area contributed by atoms with E-state index < -0.39 is 5.91 Å². The molecule has 1 saturated carbocycles. The summed E-state index contributed by atoms with van der Waals surface area (Å²) in [6.07, 6.45) is 6.42. The highest BCUT2D eigenvalue weighted by molar-refractivity contribution is 8.00. The number of thioether (sulfide) groups is 1. The van der Waals surface area contributed by atoms with E-state index in [2.05, 4.69) is 0 Å². The average molecular weight is 250 g/mol. The first-order chi connectivity index (χ1) is 8.16. The van der Waals surface area contributed by atoms with E-state index in [1.165, 1.54) is 32.1 Å². The number of carbonyl (C=O) groups is 1. The first kappa shape index (κ1) is 12.3. The van der Waals surface area contributed by atoms with Crippen LogP contribution in [0.25, 0.3) is 0 Å². The van der Waals surface area contributed by atoms with Gasteiger partial charge in [-0.2, -0.15) is 0 Å². The lowest BCUT2D eigenvalue weighted by molar-refractivity contribution is 0.1000. The van der Waals surface area contributed by atoms with Crippen molar-refractivity contribution < 1.29 is 4.79 Å². The minimum Gasteiger partial charge on any atom is -0.398 e. The Balaban J connectivity index is 2.13.